The number of carboxylic acids is 1. The van der Waals surface area contributed by atoms with Crippen LogP contribution in [0.2, 0.25) is 0 Å². The molecule has 0 atom stereocenters. The van der Waals surface area contributed by atoms with Crippen LogP contribution in [0.1, 0.15) is 15.9 Å². The highest BCUT2D eigenvalue weighted by atomic mass is 32.2. The molecular weight excluding hydrogens is 297 g/mol. The molecule has 0 saturated carbocycles. The number of benzene rings is 1. The fraction of sp³-hybridized carbons (Fsp3) is 0.200. The normalized spacial score (nSPS) is 11.6. The van der Waals surface area contributed by atoms with Crippen LogP contribution >= 0.6 is 11.8 Å². The van der Waals surface area contributed by atoms with Crippen molar-refractivity contribution in [2.75, 3.05) is 0 Å². The molecule has 0 bridgehead atoms. The summed E-state index contributed by atoms with van der Waals surface area (Å²) in [5.74, 6) is -1.63. The second-order valence-corrected chi connectivity index (χ2v) is 4.74. The van der Waals surface area contributed by atoms with E-state index in [1.54, 1.807) is 7.05 Å². The second-order valence-electron chi connectivity index (χ2n) is 3.70. The lowest BCUT2D eigenvalue weighted by Crippen LogP contribution is -2.12. The molecule has 0 unspecified atom stereocenters. The summed E-state index contributed by atoms with van der Waals surface area (Å²) < 4.78 is 39.8. The lowest BCUT2D eigenvalue weighted by Gasteiger charge is -2.11. The molecule has 1 aromatic heterocycles. The fourth-order valence-corrected chi connectivity index (χ4v) is 2.19. The Labute approximate surface area is 114 Å². The van der Waals surface area contributed by atoms with Crippen molar-refractivity contribution < 1.29 is 23.1 Å². The van der Waals surface area contributed by atoms with E-state index in [0.717, 1.165) is 23.9 Å². The Morgan fingerprint density at radius 2 is 2.10 bits per heavy atom. The van der Waals surface area contributed by atoms with Gasteiger partial charge in [0.2, 0.25) is 5.16 Å². The Hall–Kier alpha value is -2.10. The third-order valence-corrected chi connectivity index (χ3v) is 3.34. The van der Waals surface area contributed by atoms with Gasteiger partial charge in [-0.2, -0.15) is 13.2 Å². The molecule has 10 heteroatoms. The maximum Gasteiger partial charge on any atom is 0.417 e. The Balaban J connectivity index is 2.42. The van der Waals surface area contributed by atoms with Crippen molar-refractivity contribution in [1.82, 2.24) is 20.2 Å². The van der Waals surface area contributed by atoms with E-state index in [-0.39, 0.29) is 4.90 Å². The van der Waals surface area contributed by atoms with Crippen molar-refractivity contribution in [3.63, 3.8) is 0 Å². The molecule has 0 saturated heterocycles. The first-order valence-electron chi connectivity index (χ1n) is 5.14. The summed E-state index contributed by atoms with van der Waals surface area (Å²) in [5, 5.41) is 19.6. The Morgan fingerprint density at radius 3 is 2.60 bits per heavy atom. The largest absolute Gasteiger partial charge is 0.478 e. The summed E-state index contributed by atoms with van der Waals surface area (Å²) in [5.41, 5.74) is -2.00. The Kier molecular flexibility index (Phi) is 3.66. The molecule has 0 radical (unpaired) electrons. The van der Waals surface area contributed by atoms with Gasteiger partial charge in [-0.15, -0.1) is 5.10 Å². The minimum Gasteiger partial charge on any atom is -0.478 e. The van der Waals surface area contributed by atoms with E-state index in [1.165, 1.54) is 10.7 Å². The van der Waals surface area contributed by atoms with Gasteiger partial charge in [0.25, 0.3) is 0 Å². The lowest BCUT2D eigenvalue weighted by atomic mass is 10.1. The molecule has 2 rings (SSSR count). The van der Waals surface area contributed by atoms with Gasteiger partial charge in [-0.3, -0.25) is 0 Å². The van der Waals surface area contributed by atoms with Crippen LogP contribution in [0, 0.1) is 0 Å². The summed E-state index contributed by atoms with van der Waals surface area (Å²) in [6.45, 7) is 0. The van der Waals surface area contributed by atoms with E-state index in [9.17, 15) is 18.0 Å². The topological polar surface area (TPSA) is 80.9 Å². The molecule has 20 heavy (non-hydrogen) atoms. The average molecular weight is 304 g/mol. The van der Waals surface area contributed by atoms with Gasteiger partial charge in [0.15, 0.2) is 0 Å². The molecule has 0 fully saturated rings. The average Bonchev–Trinajstić information content (AvgIpc) is 2.73. The molecular formula is C10H7F3N4O2S. The molecule has 0 spiro atoms. The van der Waals surface area contributed by atoms with Crippen LogP contribution in [0.25, 0.3) is 0 Å². The van der Waals surface area contributed by atoms with Crippen LogP contribution in [-0.4, -0.2) is 31.3 Å². The number of halogens is 3. The lowest BCUT2D eigenvalue weighted by molar-refractivity contribution is -0.138. The van der Waals surface area contributed by atoms with Crippen molar-refractivity contribution in [2.45, 2.75) is 16.2 Å². The predicted molar refractivity (Wildman–Crippen MR) is 61.3 cm³/mol. The van der Waals surface area contributed by atoms with E-state index >= 15 is 0 Å². The van der Waals surface area contributed by atoms with Crippen LogP contribution in [0.15, 0.2) is 28.3 Å². The van der Waals surface area contributed by atoms with Crippen molar-refractivity contribution in [1.29, 1.82) is 0 Å². The van der Waals surface area contributed by atoms with Gasteiger partial charge < -0.3 is 5.11 Å². The van der Waals surface area contributed by atoms with Crippen molar-refractivity contribution in [3.8, 4) is 0 Å². The minimum atomic E-state index is -4.75. The predicted octanol–water partition coefficient (Wildman–Crippen LogP) is 2.08. The Morgan fingerprint density at radius 1 is 1.40 bits per heavy atom. The monoisotopic (exact) mass is 304 g/mol. The first-order chi connectivity index (χ1) is 9.29. The first kappa shape index (κ1) is 14.3. The molecule has 2 aromatic rings. The summed E-state index contributed by atoms with van der Waals surface area (Å²) >= 11 is 0.905. The van der Waals surface area contributed by atoms with Gasteiger partial charge >= 0.3 is 12.1 Å². The van der Waals surface area contributed by atoms with Crippen LogP contribution in [0.4, 0.5) is 13.2 Å². The summed E-state index contributed by atoms with van der Waals surface area (Å²) in [6.07, 6.45) is -4.75. The zero-order valence-corrected chi connectivity index (χ0v) is 10.7. The van der Waals surface area contributed by atoms with E-state index in [0.29, 0.717) is 5.16 Å². The number of nitrogens with zero attached hydrogens (tertiary/aromatic N) is 4. The number of alkyl halides is 3. The van der Waals surface area contributed by atoms with Crippen LogP contribution < -0.4 is 0 Å². The molecule has 0 aliphatic heterocycles. The van der Waals surface area contributed by atoms with Crippen molar-refractivity contribution in [2.24, 2.45) is 7.05 Å². The number of aryl methyl sites for hydroxylation is 1. The maximum atomic E-state index is 12.8. The molecule has 1 heterocycles. The minimum absolute atomic E-state index is 0.195. The van der Waals surface area contributed by atoms with Crippen LogP contribution in [0.3, 0.4) is 0 Å². The van der Waals surface area contributed by atoms with Crippen LogP contribution in [-0.2, 0) is 13.2 Å². The number of rotatable bonds is 3. The van der Waals surface area contributed by atoms with E-state index in [4.69, 9.17) is 5.11 Å². The zero-order valence-electron chi connectivity index (χ0n) is 9.92. The molecule has 0 aliphatic carbocycles. The zero-order chi connectivity index (χ0) is 14.9. The molecule has 6 nitrogen and oxygen atoms in total. The number of hydrogen-bond donors (Lipinski definition) is 1. The summed E-state index contributed by atoms with van der Waals surface area (Å²) in [7, 11) is 1.54. The van der Waals surface area contributed by atoms with E-state index in [2.05, 4.69) is 15.5 Å². The molecule has 1 N–H and O–H groups in total. The van der Waals surface area contributed by atoms with Gasteiger partial charge in [0, 0.05) is 11.9 Å². The summed E-state index contributed by atoms with van der Waals surface area (Å²) in [6, 6.07) is 2.96. The van der Waals surface area contributed by atoms with Crippen molar-refractivity contribution in [3.05, 3.63) is 29.3 Å². The number of hydrogen-bond acceptors (Lipinski definition) is 5. The Bertz CT molecular complexity index is 656. The van der Waals surface area contributed by atoms with E-state index in [1.807, 2.05) is 0 Å². The number of aromatic carboxylic acids is 1. The fourth-order valence-electron chi connectivity index (χ4n) is 1.42. The van der Waals surface area contributed by atoms with E-state index < -0.39 is 23.3 Å². The van der Waals surface area contributed by atoms with Gasteiger partial charge in [0.05, 0.1) is 11.1 Å². The maximum absolute atomic E-state index is 12.8. The molecule has 1 aromatic carbocycles. The van der Waals surface area contributed by atoms with Crippen molar-refractivity contribution >= 4 is 17.7 Å². The number of aromatic nitrogens is 4. The number of carbonyl (C=O) groups is 1. The van der Waals surface area contributed by atoms with Crippen LogP contribution in [0.5, 0.6) is 0 Å². The molecule has 0 amide bonds. The third-order valence-electron chi connectivity index (χ3n) is 2.32. The van der Waals surface area contributed by atoms with Gasteiger partial charge in [0.1, 0.15) is 0 Å². The van der Waals surface area contributed by atoms with Gasteiger partial charge in [-0.25, -0.2) is 9.48 Å². The second kappa shape index (κ2) is 5.12. The summed E-state index contributed by atoms with van der Waals surface area (Å²) in [4.78, 5) is 11.0. The highest BCUT2D eigenvalue weighted by Gasteiger charge is 2.35. The molecule has 106 valence electrons. The molecule has 0 aliphatic rings. The standard InChI is InChI=1S/C10H7F3N4O2S/c1-17-9(14-15-16-17)20-5-2-3-6(8(18)19)7(4-5)10(11,12)13/h2-4H,1H3,(H,18,19). The first-order valence-corrected chi connectivity index (χ1v) is 5.95. The van der Waals surface area contributed by atoms with Gasteiger partial charge in [-0.05, 0) is 40.4 Å². The number of carboxylic acid groups (broad SMARTS) is 1. The highest BCUT2D eigenvalue weighted by molar-refractivity contribution is 7.99. The third kappa shape index (κ3) is 2.90. The quantitative estimate of drug-likeness (QED) is 0.935. The highest BCUT2D eigenvalue weighted by Crippen LogP contribution is 2.36. The van der Waals surface area contributed by atoms with Gasteiger partial charge in [-0.1, -0.05) is 0 Å². The number of tetrazole rings is 1. The SMILES string of the molecule is Cn1nnnc1Sc1ccc(C(=O)O)c(C(F)(F)F)c1. The smallest absolute Gasteiger partial charge is 0.417 e.